The van der Waals surface area contributed by atoms with Crippen LogP contribution >= 0.6 is 23.2 Å². The molecule has 0 amide bonds. The van der Waals surface area contributed by atoms with Gasteiger partial charge in [0.1, 0.15) is 0 Å². The first-order valence-corrected chi connectivity index (χ1v) is 6.04. The number of hydrogen-bond acceptors (Lipinski definition) is 2. The van der Waals surface area contributed by atoms with Crippen LogP contribution < -0.4 is 0 Å². The molecule has 2 N–H and O–H groups in total. The van der Waals surface area contributed by atoms with Crippen molar-refractivity contribution in [3.63, 3.8) is 0 Å². The third-order valence-corrected chi connectivity index (χ3v) is 3.73. The number of halogens is 2. The van der Waals surface area contributed by atoms with Crippen LogP contribution in [0.2, 0.25) is 10.0 Å². The average molecular weight is 275 g/mol. The van der Waals surface area contributed by atoms with E-state index in [-0.39, 0.29) is 12.8 Å². The highest BCUT2D eigenvalue weighted by atomic mass is 35.5. The molecule has 0 heterocycles. The lowest BCUT2D eigenvalue weighted by atomic mass is 9.68. The summed E-state index contributed by atoms with van der Waals surface area (Å²) in [6.45, 7) is 0. The summed E-state index contributed by atoms with van der Waals surface area (Å²) < 4.78 is 0. The van der Waals surface area contributed by atoms with Gasteiger partial charge in [-0.25, -0.2) is 0 Å². The van der Waals surface area contributed by atoms with Gasteiger partial charge >= 0.3 is 5.97 Å². The number of carboxylic acids is 1. The van der Waals surface area contributed by atoms with E-state index >= 15 is 0 Å². The van der Waals surface area contributed by atoms with E-state index in [4.69, 9.17) is 28.3 Å². The van der Waals surface area contributed by atoms with E-state index in [0.29, 0.717) is 16.5 Å². The first-order chi connectivity index (χ1) is 7.89. The van der Waals surface area contributed by atoms with Gasteiger partial charge < -0.3 is 10.2 Å². The van der Waals surface area contributed by atoms with Crippen LogP contribution in [-0.2, 0) is 11.2 Å². The largest absolute Gasteiger partial charge is 0.481 e. The molecule has 0 aliphatic heterocycles. The van der Waals surface area contributed by atoms with Crippen LogP contribution in [0.25, 0.3) is 0 Å². The van der Waals surface area contributed by atoms with Crippen molar-refractivity contribution >= 4 is 29.2 Å². The summed E-state index contributed by atoms with van der Waals surface area (Å²) in [6.07, 6.45) is 0.881. The van der Waals surface area contributed by atoms with Crippen molar-refractivity contribution in [3.05, 3.63) is 33.8 Å². The summed E-state index contributed by atoms with van der Waals surface area (Å²) in [4.78, 5) is 10.7. The van der Waals surface area contributed by atoms with Crippen molar-refractivity contribution in [3.8, 4) is 0 Å². The molecule has 17 heavy (non-hydrogen) atoms. The number of hydrogen-bond donors (Lipinski definition) is 2. The lowest BCUT2D eigenvalue weighted by Gasteiger charge is -2.41. The van der Waals surface area contributed by atoms with Gasteiger partial charge in [-0.3, -0.25) is 4.79 Å². The zero-order valence-corrected chi connectivity index (χ0v) is 10.5. The van der Waals surface area contributed by atoms with Gasteiger partial charge in [-0.1, -0.05) is 23.2 Å². The normalized spacial score (nSPS) is 27.6. The minimum Gasteiger partial charge on any atom is -0.481 e. The predicted molar refractivity (Wildman–Crippen MR) is 65.5 cm³/mol. The first kappa shape index (κ1) is 12.7. The van der Waals surface area contributed by atoms with Crippen LogP contribution in [0.1, 0.15) is 18.4 Å². The average Bonchev–Trinajstić information content (AvgIpc) is 2.19. The molecule has 1 aliphatic carbocycles. The minimum absolute atomic E-state index is 0.269. The molecule has 0 unspecified atom stereocenters. The second-order valence-corrected chi connectivity index (χ2v) is 5.42. The molecule has 1 saturated carbocycles. The van der Waals surface area contributed by atoms with Gasteiger partial charge in [0.2, 0.25) is 0 Å². The lowest BCUT2D eigenvalue weighted by Crippen LogP contribution is -2.48. The molecular formula is C12H12Cl2O3. The monoisotopic (exact) mass is 274 g/mol. The molecule has 2 rings (SSSR count). The standard InChI is InChI=1S/C12H12Cl2O3/c13-9-1-2-10(14)7(3-9)4-12(17)5-8(6-12)11(15)16/h1-3,8,17H,4-6H2,(H,15,16). The lowest BCUT2D eigenvalue weighted by molar-refractivity contribution is -0.158. The van der Waals surface area contributed by atoms with E-state index in [1.807, 2.05) is 0 Å². The summed E-state index contributed by atoms with van der Waals surface area (Å²) >= 11 is 11.8. The molecule has 0 bridgehead atoms. The number of aliphatic hydroxyl groups is 1. The third kappa shape index (κ3) is 2.73. The Morgan fingerprint density at radius 3 is 2.65 bits per heavy atom. The Morgan fingerprint density at radius 1 is 1.41 bits per heavy atom. The number of aliphatic carboxylic acids is 1. The van der Waals surface area contributed by atoms with Crippen molar-refractivity contribution in [2.24, 2.45) is 5.92 Å². The van der Waals surface area contributed by atoms with Gasteiger partial charge in [0.25, 0.3) is 0 Å². The molecule has 0 spiro atoms. The van der Waals surface area contributed by atoms with E-state index in [1.165, 1.54) is 0 Å². The predicted octanol–water partition coefficient (Wildman–Crippen LogP) is 2.76. The zero-order valence-electron chi connectivity index (χ0n) is 8.99. The molecule has 5 heteroatoms. The van der Waals surface area contributed by atoms with Crippen LogP contribution in [0.15, 0.2) is 18.2 Å². The Kier molecular flexibility index (Phi) is 3.34. The van der Waals surface area contributed by atoms with E-state index in [9.17, 15) is 9.90 Å². The Balaban J connectivity index is 2.07. The molecule has 1 aromatic carbocycles. The van der Waals surface area contributed by atoms with Crippen LogP contribution in [-0.4, -0.2) is 21.8 Å². The van der Waals surface area contributed by atoms with Crippen LogP contribution in [0.3, 0.4) is 0 Å². The smallest absolute Gasteiger partial charge is 0.306 e. The van der Waals surface area contributed by atoms with Gasteiger partial charge in [-0.05, 0) is 36.6 Å². The van der Waals surface area contributed by atoms with E-state index < -0.39 is 17.5 Å². The number of carboxylic acid groups (broad SMARTS) is 1. The van der Waals surface area contributed by atoms with Crippen LogP contribution in [0.5, 0.6) is 0 Å². The quantitative estimate of drug-likeness (QED) is 0.891. The summed E-state index contributed by atoms with van der Waals surface area (Å²) in [5.41, 5.74) is -0.206. The van der Waals surface area contributed by atoms with E-state index in [1.54, 1.807) is 18.2 Å². The van der Waals surface area contributed by atoms with Gasteiger partial charge in [0, 0.05) is 16.5 Å². The minimum atomic E-state index is -0.961. The molecule has 92 valence electrons. The fourth-order valence-corrected chi connectivity index (χ4v) is 2.59. The number of rotatable bonds is 3. The number of carbonyl (C=O) groups is 1. The molecule has 0 atom stereocenters. The highest BCUT2D eigenvalue weighted by Gasteiger charge is 2.46. The van der Waals surface area contributed by atoms with Crippen molar-refractivity contribution in [1.82, 2.24) is 0 Å². The zero-order chi connectivity index (χ0) is 12.6. The molecule has 1 aromatic rings. The van der Waals surface area contributed by atoms with Gasteiger partial charge in [0.05, 0.1) is 11.5 Å². The maximum atomic E-state index is 10.7. The highest BCUT2D eigenvalue weighted by molar-refractivity contribution is 6.33. The van der Waals surface area contributed by atoms with Crippen molar-refractivity contribution < 1.29 is 15.0 Å². The van der Waals surface area contributed by atoms with Gasteiger partial charge in [-0.15, -0.1) is 0 Å². The molecule has 3 nitrogen and oxygen atoms in total. The fourth-order valence-electron chi connectivity index (χ4n) is 2.21. The first-order valence-electron chi connectivity index (χ1n) is 5.29. The van der Waals surface area contributed by atoms with Crippen LogP contribution in [0, 0.1) is 5.92 Å². The maximum Gasteiger partial charge on any atom is 0.306 e. The molecule has 0 saturated heterocycles. The topological polar surface area (TPSA) is 57.5 Å². The maximum absolute atomic E-state index is 10.7. The Hall–Kier alpha value is -0.770. The Bertz CT molecular complexity index is 453. The molecule has 1 aliphatic rings. The summed E-state index contributed by atoms with van der Waals surface area (Å²) in [5, 5.41) is 20.0. The summed E-state index contributed by atoms with van der Waals surface area (Å²) in [5.74, 6) is -1.30. The second-order valence-electron chi connectivity index (χ2n) is 4.58. The van der Waals surface area contributed by atoms with Gasteiger partial charge in [0.15, 0.2) is 0 Å². The Morgan fingerprint density at radius 2 is 2.06 bits per heavy atom. The van der Waals surface area contributed by atoms with E-state index in [2.05, 4.69) is 0 Å². The molecule has 0 aromatic heterocycles. The van der Waals surface area contributed by atoms with Crippen molar-refractivity contribution in [2.45, 2.75) is 24.9 Å². The van der Waals surface area contributed by atoms with Crippen molar-refractivity contribution in [2.75, 3.05) is 0 Å². The van der Waals surface area contributed by atoms with Crippen molar-refractivity contribution in [1.29, 1.82) is 0 Å². The molecular weight excluding hydrogens is 263 g/mol. The Labute approximate surface area is 109 Å². The van der Waals surface area contributed by atoms with E-state index in [0.717, 1.165) is 5.56 Å². The fraction of sp³-hybridized carbons (Fsp3) is 0.417. The summed E-state index contributed by atoms with van der Waals surface area (Å²) in [7, 11) is 0. The summed E-state index contributed by atoms with van der Waals surface area (Å²) in [6, 6.07) is 5.06. The number of benzene rings is 1. The molecule has 0 radical (unpaired) electrons. The third-order valence-electron chi connectivity index (χ3n) is 3.13. The molecule has 1 fully saturated rings. The highest BCUT2D eigenvalue weighted by Crippen LogP contribution is 2.41. The SMILES string of the molecule is O=C(O)C1CC(O)(Cc2cc(Cl)ccc2Cl)C1. The second kappa shape index (κ2) is 4.48. The van der Waals surface area contributed by atoms with Gasteiger partial charge in [-0.2, -0.15) is 0 Å². The van der Waals surface area contributed by atoms with Crippen LogP contribution in [0.4, 0.5) is 0 Å².